The average Bonchev–Trinajstić information content (AvgIpc) is 2.69. The molecule has 1 aliphatic carbocycles. The molecule has 0 aromatic rings. The third-order valence-electron chi connectivity index (χ3n) is 3.24. The van der Waals surface area contributed by atoms with Crippen molar-refractivity contribution < 1.29 is 0 Å². The summed E-state index contributed by atoms with van der Waals surface area (Å²) in [7, 11) is 2.26. The van der Waals surface area contributed by atoms with Gasteiger partial charge in [0.25, 0.3) is 0 Å². The predicted octanol–water partition coefficient (Wildman–Crippen LogP) is 2.42. The molecule has 1 aliphatic rings. The number of nitrogens with one attached hydrogen (secondary N) is 1. The van der Waals surface area contributed by atoms with Crippen molar-refractivity contribution in [3.05, 3.63) is 11.6 Å². The van der Waals surface area contributed by atoms with Gasteiger partial charge in [-0.1, -0.05) is 24.5 Å². The van der Waals surface area contributed by atoms with Gasteiger partial charge in [0.2, 0.25) is 0 Å². The molecule has 0 unspecified atom stereocenters. The quantitative estimate of drug-likeness (QED) is 0.535. The molecule has 1 fully saturated rings. The predicted molar refractivity (Wildman–Crippen MR) is 67.2 cm³/mol. The molecule has 0 aromatic heterocycles. The largest absolute Gasteiger partial charge is 0.312 e. The Kier molecular flexibility index (Phi) is 5.96. The van der Waals surface area contributed by atoms with Crippen LogP contribution in [0.25, 0.3) is 0 Å². The van der Waals surface area contributed by atoms with Gasteiger partial charge in [-0.15, -0.1) is 0 Å². The second-order valence-electron chi connectivity index (χ2n) is 4.90. The van der Waals surface area contributed by atoms with Gasteiger partial charge in [-0.05, 0) is 33.7 Å². The summed E-state index contributed by atoms with van der Waals surface area (Å²) in [6.07, 6.45) is 7.92. The molecule has 0 spiro atoms. The molecule has 1 saturated carbocycles. The lowest BCUT2D eigenvalue weighted by Crippen LogP contribution is -2.35. The summed E-state index contributed by atoms with van der Waals surface area (Å²) < 4.78 is 0. The van der Waals surface area contributed by atoms with Gasteiger partial charge >= 0.3 is 0 Å². The molecule has 0 bridgehead atoms. The van der Waals surface area contributed by atoms with Crippen LogP contribution in [0, 0.1) is 0 Å². The molecule has 15 heavy (non-hydrogen) atoms. The molecular weight excluding hydrogens is 184 g/mol. The zero-order valence-corrected chi connectivity index (χ0v) is 10.6. The van der Waals surface area contributed by atoms with Crippen molar-refractivity contribution in [2.75, 3.05) is 26.7 Å². The molecule has 1 N–H and O–H groups in total. The van der Waals surface area contributed by atoms with E-state index in [2.05, 4.69) is 37.2 Å². The highest BCUT2D eigenvalue weighted by atomic mass is 15.1. The van der Waals surface area contributed by atoms with Gasteiger partial charge in [0.05, 0.1) is 0 Å². The first-order valence-corrected chi connectivity index (χ1v) is 6.24. The Balaban J connectivity index is 2.01. The highest BCUT2D eigenvalue weighted by Gasteiger charge is 2.18. The van der Waals surface area contributed by atoms with Gasteiger partial charge in [0.1, 0.15) is 0 Å². The number of allylic oxidation sites excluding steroid dienone is 1. The third-order valence-corrected chi connectivity index (χ3v) is 3.24. The Morgan fingerprint density at radius 2 is 2.00 bits per heavy atom. The van der Waals surface area contributed by atoms with Crippen molar-refractivity contribution in [1.29, 1.82) is 0 Å². The molecular formula is C13H26N2. The van der Waals surface area contributed by atoms with Crippen molar-refractivity contribution in [3.63, 3.8) is 0 Å². The first-order chi connectivity index (χ1) is 7.20. The maximum absolute atomic E-state index is 3.45. The maximum Gasteiger partial charge on any atom is 0.0137 e. The maximum atomic E-state index is 3.45. The SMILES string of the molecule is CC(C)=CCNCCN(C)C1CCCC1. The number of hydrogen-bond acceptors (Lipinski definition) is 2. The van der Waals surface area contributed by atoms with E-state index >= 15 is 0 Å². The van der Waals surface area contributed by atoms with E-state index in [4.69, 9.17) is 0 Å². The van der Waals surface area contributed by atoms with E-state index in [0.29, 0.717) is 0 Å². The third kappa shape index (κ3) is 5.33. The molecule has 1 rings (SSSR count). The van der Waals surface area contributed by atoms with Crippen LogP contribution in [-0.2, 0) is 0 Å². The van der Waals surface area contributed by atoms with Crippen LogP contribution in [0.4, 0.5) is 0 Å². The Morgan fingerprint density at radius 1 is 1.33 bits per heavy atom. The second kappa shape index (κ2) is 7.02. The molecule has 2 nitrogen and oxygen atoms in total. The first kappa shape index (κ1) is 12.7. The van der Waals surface area contributed by atoms with E-state index in [9.17, 15) is 0 Å². The zero-order valence-electron chi connectivity index (χ0n) is 10.6. The fraction of sp³-hybridized carbons (Fsp3) is 0.846. The zero-order chi connectivity index (χ0) is 11.1. The average molecular weight is 210 g/mol. The van der Waals surface area contributed by atoms with Gasteiger partial charge in [-0.2, -0.15) is 0 Å². The van der Waals surface area contributed by atoms with Crippen LogP contribution in [0.1, 0.15) is 39.5 Å². The van der Waals surface area contributed by atoms with Crippen LogP contribution in [0.5, 0.6) is 0 Å². The van der Waals surface area contributed by atoms with Crippen LogP contribution in [0.3, 0.4) is 0 Å². The van der Waals surface area contributed by atoms with Gasteiger partial charge in [-0.3, -0.25) is 0 Å². The van der Waals surface area contributed by atoms with Crippen molar-refractivity contribution in [1.82, 2.24) is 10.2 Å². The second-order valence-corrected chi connectivity index (χ2v) is 4.90. The Hall–Kier alpha value is -0.340. The number of likely N-dealkylation sites (N-methyl/N-ethyl adjacent to an activating group) is 1. The molecule has 0 radical (unpaired) electrons. The topological polar surface area (TPSA) is 15.3 Å². The summed E-state index contributed by atoms with van der Waals surface area (Å²) in [6.45, 7) is 7.59. The van der Waals surface area contributed by atoms with Crippen LogP contribution in [0.15, 0.2) is 11.6 Å². The fourth-order valence-electron chi connectivity index (χ4n) is 2.16. The summed E-state index contributed by atoms with van der Waals surface area (Å²) in [5, 5.41) is 3.45. The smallest absolute Gasteiger partial charge is 0.0137 e. The van der Waals surface area contributed by atoms with Crippen LogP contribution in [-0.4, -0.2) is 37.6 Å². The molecule has 88 valence electrons. The van der Waals surface area contributed by atoms with Crippen molar-refractivity contribution in [2.45, 2.75) is 45.6 Å². The monoisotopic (exact) mass is 210 g/mol. The van der Waals surface area contributed by atoms with Crippen molar-refractivity contribution in [3.8, 4) is 0 Å². The summed E-state index contributed by atoms with van der Waals surface area (Å²) in [4.78, 5) is 2.52. The first-order valence-electron chi connectivity index (χ1n) is 6.24. The number of rotatable bonds is 6. The molecule has 0 heterocycles. The van der Waals surface area contributed by atoms with Crippen LogP contribution < -0.4 is 5.32 Å². The lowest BCUT2D eigenvalue weighted by Gasteiger charge is -2.23. The summed E-state index contributed by atoms with van der Waals surface area (Å²) in [5.74, 6) is 0. The Labute approximate surface area is 94.7 Å². The van der Waals surface area contributed by atoms with Crippen LogP contribution >= 0.6 is 0 Å². The lowest BCUT2D eigenvalue weighted by atomic mass is 10.2. The standard InChI is InChI=1S/C13H26N2/c1-12(2)8-9-14-10-11-15(3)13-6-4-5-7-13/h8,13-14H,4-7,9-11H2,1-3H3. The molecule has 2 heteroatoms. The minimum absolute atomic E-state index is 0.857. The summed E-state index contributed by atoms with van der Waals surface area (Å²) in [5.41, 5.74) is 1.40. The van der Waals surface area contributed by atoms with Crippen molar-refractivity contribution >= 4 is 0 Å². The summed E-state index contributed by atoms with van der Waals surface area (Å²) >= 11 is 0. The van der Waals surface area contributed by atoms with E-state index in [-0.39, 0.29) is 0 Å². The molecule has 0 aromatic carbocycles. The molecule has 0 aliphatic heterocycles. The molecule has 0 saturated heterocycles. The van der Waals surface area contributed by atoms with Gasteiger partial charge < -0.3 is 10.2 Å². The van der Waals surface area contributed by atoms with E-state index < -0.39 is 0 Å². The van der Waals surface area contributed by atoms with Gasteiger partial charge in [0, 0.05) is 25.7 Å². The minimum Gasteiger partial charge on any atom is -0.312 e. The molecule has 0 amide bonds. The van der Waals surface area contributed by atoms with E-state index in [1.54, 1.807) is 0 Å². The highest BCUT2D eigenvalue weighted by molar-refractivity contribution is 4.94. The number of hydrogen-bond donors (Lipinski definition) is 1. The lowest BCUT2D eigenvalue weighted by molar-refractivity contribution is 0.246. The van der Waals surface area contributed by atoms with Gasteiger partial charge in [-0.25, -0.2) is 0 Å². The van der Waals surface area contributed by atoms with Crippen LogP contribution in [0.2, 0.25) is 0 Å². The fourth-order valence-corrected chi connectivity index (χ4v) is 2.16. The Morgan fingerprint density at radius 3 is 2.60 bits per heavy atom. The van der Waals surface area contributed by atoms with E-state index in [1.807, 2.05) is 0 Å². The summed E-state index contributed by atoms with van der Waals surface area (Å²) in [6, 6.07) is 0.857. The molecule has 0 atom stereocenters. The number of nitrogens with zero attached hydrogens (tertiary/aromatic N) is 1. The van der Waals surface area contributed by atoms with Gasteiger partial charge in [0.15, 0.2) is 0 Å². The highest BCUT2D eigenvalue weighted by Crippen LogP contribution is 2.21. The van der Waals surface area contributed by atoms with E-state index in [1.165, 1.54) is 37.8 Å². The minimum atomic E-state index is 0.857. The normalized spacial score (nSPS) is 17.3. The van der Waals surface area contributed by atoms with Crippen molar-refractivity contribution in [2.24, 2.45) is 0 Å². The Bertz CT molecular complexity index is 189. The van der Waals surface area contributed by atoms with E-state index in [0.717, 1.165) is 19.1 Å².